The van der Waals surface area contributed by atoms with E-state index < -0.39 is 0 Å². The topological polar surface area (TPSA) is 38.3 Å². The van der Waals surface area contributed by atoms with E-state index in [0.29, 0.717) is 13.2 Å². The van der Waals surface area contributed by atoms with Gasteiger partial charge in [0.25, 0.3) is 0 Å². The number of nitrogens with one attached hydrogen (secondary N) is 1. The summed E-state index contributed by atoms with van der Waals surface area (Å²) < 4.78 is 5.22. The minimum atomic E-state index is 0.0999. The van der Waals surface area contributed by atoms with Crippen molar-refractivity contribution in [2.45, 2.75) is 12.8 Å². The van der Waals surface area contributed by atoms with Crippen LogP contribution in [0, 0.1) is 12.0 Å². The van der Waals surface area contributed by atoms with Crippen molar-refractivity contribution in [2.75, 3.05) is 18.5 Å². The van der Waals surface area contributed by atoms with Crippen LogP contribution in [-0.4, -0.2) is 19.1 Å². The van der Waals surface area contributed by atoms with Crippen LogP contribution in [-0.2, 0) is 9.53 Å². The Hall–Kier alpha value is -1.35. The molecule has 1 heterocycles. The molecule has 0 aromatic heterocycles. The molecule has 0 unspecified atom stereocenters. The number of hydrogen-bond donors (Lipinski definition) is 1. The van der Waals surface area contributed by atoms with E-state index in [9.17, 15) is 4.79 Å². The maximum atomic E-state index is 11.8. The van der Waals surface area contributed by atoms with E-state index in [2.05, 4.69) is 11.4 Å². The van der Waals surface area contributed by atoms with Gasteiger partial charge in [0.1, 0.15) is 0 Å². The molecule has 1 N–H and O–H groups in total. The van der Waals surface area contributed by atoms with E-state index in [1.807, 2.05) is 12.1 Å². The first kappa shape index (κ1) is 10.2. The molecule has 1 aromatic carbocycles. The molecule has 1 fully saturated rings. The fourth-order valence-corrected chi connectivity index (χ4v) is 1.67. The number of hydrogen-bond acceptors (Lipinski definition) is 2. The normalized spacial score (nSPS) is 17.3. The van der Waals surface area contributed by atoms with Gasteiger partial charge in [-0.15, -0.1) is 0 Å². The van der Waals surface area contributed by atoms with Crippen molar-refractivity contribution in [1.29, 1.82) is 0 Å². The van der Waals surface area contributed by atoms with Gasteiger partial charge in [-0.3, -0.25) is 4.79 Å². The van der Waals surface area contributed by atoms with Crippen LogP contribution in [0.1, 0.15) is 12.8 Å². The van der Waals surface area contributed by atoms with Gasteiger partial charge < -0.3 is 10.1 Å². The van der Waals surface area contributed by atoms with Crippen molar-refractivity contribution >= 4 is 11.6 Å². The maximum absolute atomic E-state index is 11.8. The molecule has 1 saturated heterocycles. The van der Waals surface area contributed by atoms with Crippen LogP contribution < -0.4 is 5.32 Å². The van der Waals surface area contributed by atoms with Crippen molar-refractivity contribution in [3.8, 4) is 0 Å². The number of amides is 1. The van der Waals surface area contributed by atoms with Gasteiger partial charge in [0, 0.05) is 24.8 Å². The Kier molecular flexibility index (Phi) is 3.35. The Bertz CT molecular complexity index is 318. The molecule has 0 atom stereocenters. The average Bonchev–Trinajstić information content (AvgIpc) is 2.31. The van der Waals surface area contributed by atoms with Crippen molar-refractivity contribution in [3.05, 3.63) is 30.3 Å². The minimum absolute atomic E-state index is 0.0999. The van der Waals surface area contributed by atoms with Gasteiger partial charge >= 0.3 is 0 Å². The molecular formula is C12H14NO2. The summed E-state index contributed by atoms with van der Waals surface area (Å²) in [5, 5.41) is 2.90. The van der Waals surface area contributed by atoms with Gasteiger partial charge in [0.05, 0.1) is 0 Å². The highest BCUT2D eigenvalue weighted by molar-refractivity contribution is 5.92. The summed E-state index contributed by atoms with van der Waals surface area (Å²) in [6.07, 6.45) is 1.65. The quantitative estimate of drug-likeness (QED) is 0.798. The van der Waals surface area contributed by atoms with Crippen molar-refractivity contribution in [3.63, 3.8) is 0 Å². The lowest BCUT2D eigenvalue weighted by molar-refractivity contribution is -0.122. The van der Waals surface area contributed by atoms with E-state index >= 15 is 0 Å². The molecule has 0 bridgehead atoms. The van der Waals surface area contributed by atoms with Gasteiger partial charge in [0.15, 0.2) is 0 Å². The molecule has 79 valence electrons. The van der Waals surface area contributed by atoms with Crippen LogP contribution in [0.15, 0.2) is 24.3 Å². The molecule has 0 saturated carbocycles. The van der Waals surface area contributed by atoms with Crippen LogP contribution in [0.3, 0.4) is 0 Å². The van der Waals surface area contributed by atoms with Crippen molar-refractivity contribution in [1.82, 2.24) is 0 Å². The number of benzene rings is 1. The van der Waals surface area contributed by atoms with Crippen LogP contribution >= 0.6 is 0 Å². The standard InChI is InChI=1S/C12H14NO2/c14-12(10-6-8-15-9-7-10)13-11-4-2-1-3-5-11/h2-5,10H,6-9H2,(H,13,14). The molecule has 3 nitrogen and oxygen atoms in total. The highest BCUT2D eigenvalue weighted by atomic mass is 16.5. The van der Waals surface area contributed by atoms with E-state index in [4.69, 9.17) is 4.74 Å². The predicted octanol–water partition coefficient (Wildman–Crippen LogP) is 1.85. The third-order valence-corrected chi connectivity index (χ3v) is 2.58. The number of carbonyl (C=O) groups is 1. The summed E-state index contributed by atoms with van der Waals surface area (Å²) in [6, 6.07) is 10.2. The van der Waals surface area contributed by atoms with Crippen molar-refractivity contribution < 1.29 is 9.53 Å². The highest BCUT2D eigenvalue weighted by Crippen LogP contribution is 2.17. The summed E-state index contributed by atoms with van der Waals surface area (Å²) in [5.74, 6) is 0.201. The van der Waals surface area contributed by atoms with Gasteiger partial charge in [-0.05, 0) is 31.0 Å². The molecule has 2 rings (SSSR count). The van der Waals surface area contributed by atoms with E-state index in [1.54, 1.807) is 12.1 Å². The van der Waals surface area contributed by atoms with E-state index in [1.165, 1.54) is 0 Å². The lowest BCUT2D eigenvalue weighted by atomic mass is 9.99. The van der Waals surface area contributed by atoms with Crippen LogP contribution in [0.4, 0.5) is 5.69 Å². The van der Waals surface area contributed by atoms with Gasteiger partial charge in [-0.1, -0.05) is 12.1 Å². The molecule has 1 amide bonds. The fourth-order valence-electron chi connectivity index (χ4n) is 1.67. The molecule has 3 heteroatoms. The Labute approximate surface area is 89.4 Å². The summed E-state index contributed by atoms with van der Waals surface area (Å²) >= 11 is 0. The highest BCUT2D eigenvalue weighted by Gasteiger charge is 2.21. The first-order valence-electron chi connectivity index (χ1n) is 5.21. The fraction of sp³-hybridized carbons (Fsp3) is 0.417. The lowest BCUT2D eigenvalue weighted by Crippen LogP contribution is -2.28. The molecule has 0 aliphatic carbocycles. The minimum Gasteiger partial charge on any atom is -0.381 e. The Balaban J connectivity index is 1.91. The summed E-state index contributed by atoms with van der Waals surface area (Å²) in [4.78, 5) is 11.8. The SMILES string of the molecule is O=C(Nc1cc[c]cc1)C1CCOCC1. The number of ether oxygens (including phenoxy) is 1. The Morgan fingerprint density at radius 1 is 1.33 bits per heavy atom. The number of anilines is 1. The third-order valence-electron chi connectivity index (χ3n) is 2.58. The molecule has 1 radical (unpaired) electrons. The van der Waals surface area contributed by atoms with Gasteiger partial charge in [-0.2, -0.15) is 0 Å². The monoisotopic (exact) mass is 204 g/mol. The first-order valence-corrected chi connectivity index (χ1v) is 5.21. The smallest absolute Gasteiger partial charge is 0.227 e. The maximum Gasteiger partial charge on any atom is 0.227 e. The zero-order chi connectivity index (χ0) is 10.5. The summed E-state index contributed by atoms with van der Waals surface area (Å²) in [6.45, 7) is 1.39. The van der Waals surface area contributed by atoms with Gasteiger partial charge in [-0.25, -0.2) is 0 Å². The molecule has 0 spiro atoms. The molecule has 1 aliphatic heterocycles. The summed E-state index contributed by atoms with van der Waals surface area (Å²) in [5.41, 5.74) is 0.838. The predicted molar refractivity (Wildman–Crippen MR) is 57.5 cm³/mol. The molecule has 1 aliphatic rings. The Morgan fingerprint density at radius 3 is 2.67 bits per heavy atom. The number of carbonyl (C=O) groups excluding carboxylic acids is 1. The lowest BCUT2D eigenvalue weighted by Gasteiger charge is -2.21. The largest absolute Gasteiger partial charge is 0.381 e. The van der Waals surface area contributed by atoms with E-state index in [-0.39, 0.29) is 11.8 Å². The van der Waals surface area contributed by atoms with Crippen LogP contribution in [0.25, 0.3) is 0 Å². The Morgan fingerprint density at radius 2 is 2.00 bits per heavy atom. The zero-order valence-corrected chi connectivity index (χ0v) is 8.53. The first-order chi connectivity index (χ1) is 7.36. The van der Waals surface area contributed by atoms with Gasteiger partial charge in [0.2, 0.25) is 5.91 Å². The average molecular weight is 204 g/mol. The zero-order valence-electron chi connectivity index (χ0n) is 8.53. The second-order valence-corrected chi connectivity index (χ2v) is 3.66. The summed E-state index contributed by atoms with van der Waals surface area (Å²) in [7, 11) is 0. The van der Waals surface area contributed by atoms with Crippen LogP contribution in [0.2, 0.25) is 0 Å². The second kappa shape index (κ2) is 4.94. The van der Waals surface area contributed by atoms with Crippen LogP contribution in [0.5, 0.6) is 0 Å². The third kappa shape index (κ3) is 2.80. The second-order valence-electron chi connectivity index (χ2n) is 3.66. The molecular weight excluding hydrogens is 190 g/mol. The van der Waals surface area contributed by atoms with Crippen molar-refractivity contribution in [2.24, 2.45) is 5.92 Å². The molecule has 15 heavy (non-hydrogen) atoms. The number of rotatable bonds is 2. The van der Waals surface area contributed by atoms with E-state index in [0.717, 1.165) is 18.5 Å². The molecule has 1 aromatic rings.